The maximum absolute atomic E-state index is 13.5. The molecule has 0 atom stereocenters. The van der Waals surface area contributed by atoms with Crippen LogP contribution in [0.2, 0.25) is 5.02 Å². The predicted octanol–water partition coefficient (Wildman–Crippen LogP) is 4.49. The minimum atomic E-state index is -4.15. The predicted molar refractivity (Wildman–Crippen MR) is 123 cm³/mol. The second kappa shape index (κ2) is 9.62. The van der Waals surface area contributed by atoms with Gasteiger partial charge in [-0.05, 0) is 69.7 Å². The van der Waals surface area contributed by atoms with Crippen LogP contribution in [0.1, 0.15) is 23.9 Å². The number of aromatic nitrogens is 1. The van der Waals surface area contributed by atoms with E-state index in [2.05, 4.69) is 10.5 Å². The highest BCUT2D eigenvalue weighted by Gasteiger charge is 2.33. The Morgan fingerprint density at radius 1 is 1.16 bits per heavy atom. The van der Waals surface area contributed by atoms with Gasteiger partial charge in [0.2, 0.25) is 5.91 Å². The fourth-order valence-electron chi connectivity index (χ4n) is 3.21. The number of nitrogens with zero attached hydrogens (tertiary/aromatic N) is 2. The SMILES string of the molecule is CCOc1ccc(N(CC(=O)Nc2cccc(Cl)c2C)S(=O)(=O)c2c(C)noc2C)cc1. The molecule has 3 aromatic rings. The summed E-state index contributed by atoms with van der Waals surface area (Å²) in [4.78, 5) is 12.8. The van der Waals surface area contributed by atoms with Crippen molar-refractivity contribution in [1.29, 1.82) is 0 Å². The minimum absolute atomic E-state index is 0.0712. The van der Waals surface area contributed by atoms with Crippen molar-refractivity contribution in [2.45, 2.75) is 32.6 Å². The highest BCUT2D eigenvalue weighted by atomic mass is 35.5. The molecule has 0 saturated carbocycles. The van der Waals surface area contributed by atoms with Crippen molar-refractivity contribution in [3.63, 3.8) is 0 Å². The van der Waals surface area contributed by atoms with Crippen molar-refractivity contribution in [3.05, 3.63) is 64.5 Å². The van der Waals surface area contributed by atoms with E-state index in [0.29, 0.717) is 34.3 Å². The number of sulfonamides is 1. The number of carbonyl (C=O) groups excluding carboxylic acids is 1. The molecule has 2 aromatic carbocycles. The third-order valence-electron chi connectivity index (χ3n) is 4.78. The fourth-order valence-corrected chi connectivity index (χ4v) is 5.10. The molecule has 0 unspecified atom stereocenters. The van der Waals surface area contributed by atoms with Gasteiger partial charge in [-0.15, -0.1) is 0 Å². The van der Waals surface area contributed by atoms with Crippen LogP contribution in [0.4, 0.5) is 11.4 Å². The monoisotopic (exact) mass is 477 g/mol. The zero-order chi connectivity index (χ0) is 23.5. The second-order valence-corrected chi connectivity index (χ2v) is 9.26. The molecule has 0 aliphatic heterocycles. The summed E-state index contributed by atoms with van der Waals surface area (Å²) in [7, 11) is -4.15. The number of hydrogen-bond donors (Lipinski definition) is 1. The molecular weight excluding hydrogens is 454 g/mol. The van der Waals surface area contributed by atoms with Crippen molar-refractivity contribution >= 4 is 38.9 Å². The maximum Gasteiger partial charge on any atom is 0.270 e. The Balaban J connectivity index is 1.98. The highest BCUT2D eigenvalue weighted by molar-refractivity contribution is 7.93. The molecule has 0 aliphatic rings. The Hall–Kier alpha value is -3.04. The van der Waals surface area contributed by atoms with E-state index in [9.17, 15) is 13.2 Å². The number of amides is 1. The summed E-state index contributed by atoms with van der Waals surface area (Å²) in [6.07, 6.45) is 0. The van der Waals surface area contributed by atoms with Gasteiger partial charge in [-0.3, -0.25) is 9.10 Å². The lowest BCUT2D eigenvalue weighted by molar-refractivity contribution is -0.114. The van der Waals surface area contributed by atoms with Crippen LogP contribution in [0.25, 0.3) is 0 Å². The van der Waals surface area contributed by atoms with Gasteiger partial charge in [-0.2, -0.15) is 0 Å². The molecule has 1 aromatic heterocycles. The zero-order valence-electron chi connectivity index (χ0n) is 18.2. The largest absolute Gasteiger partial charge is 0.494 e. The Kier molecular flexibility index (Phi) is 7.10. The summed E-state index contributed by atoms with van der Waals surface area (Å²) in [5.74, 6) is 0.203. The normalized spacial score (nSPS) is 11.3. The number of halogens is 1. The number of hydrogen-bond acceptors (Lipinski definition) is 6. The first kappa shape index (κ1) is 23.6. The molecule has 0 fully saturated rings. The first-order valence-corrected chi connectivity index (χ1v) is 11.7. The third-order valence-corrected chi connectivity index (χ3v) is 7.21. The number of aryl methyl sites for hydroxylation is 2. The molecule has 3 rings (SSSR count). The van der Waals surface area contributed by atoms with Crippen LogP contribution in [0.3, 0.4) is 0 Å². The van der Waals surface area contributed by atoms with Crippen LogP contribution in [-0.2, 0) is 14.8 Å². The molecule has 170 valence electrons. The lowest BCUT2D eigenvalue weighted by Crippen LogP contribution is -2.38. The van der Waals surface area contributed by atoms with Gasteiger partial charge >= 0.3 is 0 Å². The molecule has 1 heterocycles. The Morgan fingerprint density at radius 2 is 1.84 bits per heavy atom. The Labute approximate surface area is 192 Å². The van der Waals surface area contributed by atoms with Crippen molar-refractivity contribution in [2.24, 2.45) is 0 Å². The number of nitrogens with one attached hydrogen (secondary N) is 1. The summed E-state index contributed by atoms with van der Waals surface area (Å²) in [5.41, 5.74) is 1.70. The fraction of sp³-hybridized carbons (Fsp3) is 0.273. The molecule has 8 nitrogen and oxygen atoms in total. The molecule has 0 spiro atoms. The topological polar surface area (TPSA) is 102 Å². The summed E-state index contributed by atoms with van der Waals surface area (Å²) in [6, 6.07) is 11.6. The quantitative estimate of drug-likeness (QED) is 0.513. The number of carbonyl (C=O) groups is 1. The third kappa shape index (κ3) is 4.89. The lowest BCUT2D eigenvalue weighted by atomic mass is 10.2. The first-order chi connectivity index (χ1) is 15.1. The van der Waals surface area contributed by atoms with Gasteiger partial charge in [0.15, 0.2) is 10.7 Å². The Morgan fingerprint density at radius 3 is 2.44 bits per heavy atom. The standard InChI is InChI=1S/C22H24ClN3O5S/c1-5-30-18-11-9-17(10-12-18)26(32(28,29)22-15(3)25-31-16(22)4)13-21(27)24-20-8-6-7-19(23)14(20)2/h6-12H,5,13H2,1-4H3,(H,24,27). The van der Waals surface area contributed by atoms with Crippen molar-refractivity contribution < 1.29 is 22.5 Å². The number of benzene rings is 2. The van der Waals surface area contributed by atoms with Gasteiger partial charge in [0, 0.05) is 10.7 Å². The van der Waals surface area contributed by atoms with E-state index >= 15 is 0 Å². The lowest BCUT2D eigenvalue weighted by Gasteiger charge is -2.24. The first-order valence-electron chi connectivity index (χ1n) is 9.88. The molecule has 0 radical (unpaired) electrons. The average Bonchev–Trinajstić information content (AvgIpc) is 3.09. The van der Waals surface area contributed by atoms with E-state index in [1.54, 1.807) is 49.4 Å². The summed E-state index contributed by atoms with van der Waals surface area (Å²) in [5, 5.41) is 6.98. The zero-order valence-corrected chi connectivity index (χ0v) is 19.7. The number of ether oxygens (including phenoxy) is 1. The maximum atomic E-state index is 13.5. The van der Waals surface area contributed by atoms with Crippen LogP contribution in [-0.4, -0.2) is 32.6 Å². The van der Waals surface area contributed by atoms with E-state index < -0.39 is 22.5 Å². The van der Waals surface area contributed by atoms with E-state index in [1.165, 1.54) is 13.8 Å². The van der Waals surface area contributed by atoms with Gasteiger partial charge in [-0.25, -0.2) is 8.42 Å². The summed E-state index contributed by atoms with van der Waals surface area (Å²) >= 11 is 6.13. The molecule has 1 N–H and O–H groups in total. The number of anilines is 2. The number of rotatable bonds is 8. The molecule has 0 bridgehead atoms. The summed E-state index contributed by atoms with van der Waals surface area (Å²) in [6.45, 7) is 6.68. The van der Waals surface area contributed by atoms with Gasteiger partial charge in [0.05, 0.1) is 12.3 Å². The molecule has 32 heavy (non-hydrogen) atoms. The van der Waals surface area contributed by atoms with Crippen molar-refractivity contribution in [3.8, 4) is 5.75 Å². The van der Waals surface area contributed by atoms with Crippen LogP contribution < -0.4 is 14.4 Å². The second-order valence-electron chi connectivity index (χ2n) is 7.05. The van der Waals surface area contributed by atoms with E-state index in [1.807, 2.05) is 6.92 Å². The molecule has 0 aliphatic carbocycles. The summed E-state index contributed by atoms with van der Waals surface area (Å²) < 4.78 is 38.6. The van der Waals surface area contributed by atoms with Crippen LogP contribution in [0.5, 0.6) is 5.75 Å². The van der Waals surface area contributed by atoms with Gasteiger partial charge < -0.3 is 14.6 Å². The van der Waals surface area contributed by atoms with Gasteiger partial charge in [0.1, 0.15) is 18.0 Å². The molecule has 10 heteroatoms. The molecular formula is C22H24ClN3O5S. The van der Waals surface area contributed by atoms with Crippen LogP contribution in [0.15, 0.2) is 51.9 Å². The average molecular weight is 478 g/mol. The van der Waals surface area contributed by atoms with Gasteiger partial charge in [-0.1, -0.05) is 22.8 Å². The smallest absolute Gasteiger partial charge is 0.270 e. The van der Waals surface area contributed by atoms with E-state index in [0.717, 1.165) is 4.31 Å². The van der Waals surface area contributed by atoms with E-state index in [-0.39, 0.29) is 16.3 Å². The van der Waals surface area contributed by atoms with Crippen LogP contribution in [0, 0.1) is 20.8 Å². The van der Waals surface area contributed by atoms with Crippen LogP contribution >= 0.6 is 11.6 Å². The van der Waals surface area contributed by atoms with Gasteiger partial charge in [0.25, 0.3) is 10.0 Å². The molecule has 1 amide bonds. The highest BCUT2D eigenvalue weighted by Crippen LogP contribution is 2.29. The molecule has 0 saturated heterocycles. The Bertz CT molecular complexity index is 1200. The van der Waals surface area contributed by atoms with E-state index in [4.69, 9.17) is 20.9 Å². The van der Waals surface area contributed by atoms with Crippen molar-refractivity contribution in [2.75, 3.05) is 22.8 Å². The van der Waals surface area contributed by atoms with Crippen molar-refractivity contribution in [1.82, 2.24) is 5.16 Å². The minimum Gasteiger partial charge on any atom is -0.494 e.